The van der Waals surface area contributed by atoms with E-state index in [-0.39, 0.29) is 5.56 Å². The van der Waals surface area contributed by atoms with Gasteiger partial charge in [0.2, 0.25) is 0 Å². The molecule has 0 bridgehead atoms. The third-order valence-corrected chi connectivity index (χ3v) is 1.74. The molecule has 0 aliphatic heterocycles. The molecule has 3 heteroatoms. The van der Waals surface area contributed by atoms with Crippen LogP contribution in [0.3, 0.4) is 0 Å². The molecule has 0 saturated heterocycles. The fraction of sp³-hybridized carbons (Fsp3) is 0.111. The Morgan fingerprint density at radius 2 is 2.42 bits per heavy atom. The Morgan fingerprint density at radius 3 is 3.25 bits per heavy atom. The van der Waals surface area contributed by atoms with Crippen LogP contribution in [0.1, 0.15) is 0 Å². The topological polar surface area (TPSA) is 34.9 Å². The van der Waals surface area contributed by atoms with Crippen LogP contribution in [0, 0.1) is 6.07 Å². The SMILES string of the molecule is Cn1cnc2ccc[c]c2c1=O. The summed E-state index contributed by atoms with van der Waals surface area (Å²) in [7, 11) is 1.68. The normalized spacial score (nSPS) is 10.4. The Hall–Kier alpha value is -1.64. The van der Waals surface area contributed by atoms with Gasteiger partial charge < -0.3 is 4.57 Å². The van der Waals surface area contributed by atoms with Crippen LogP contribution in [0.2, 0.25) is 0 Å². The molecular weight excluding hydrogens is 152 g/mol. The van der Waals surface area contributed by atoms with Crippen molar-refractivity contribution in [3.05, 3.63) is 40.9 Å². The van der Waals surface area contributed by atoms with Crippen molar-refractivity contribution >= 4 is 10.9 Å². The van der Waals surface area contributed by atoms with Gasteiger partial charge >= 0.3 is 0 Å². The number of fused-ring (bicyclic) bond motifs is 1. The molecule has 0 fully saturated rings. The lowest BCUT2D eigenvalue weighted by atomic mass is 10.2. The van der Waals surface area contributed by atoms with Crippen LogP contribution >= 0.6 is 0 Å². The van der Waals surface area contributed by atoms with E-state index in [1.54, 1.807) is 19.2 Å². The average molecular weight is 159 g/mol. The monoisotopic (exact) mass is 159 g/mol. The maximum absolute atomic E-state index is 11.4. The summed E-state index contributed by atoms with van der Waals surface area (Å²) in [6.07, 6.45) is 1.51. The summed E-state index contributed by atoms with van der Waals surface area (Å²) in [5.41, 5.74) is 0.640. The lowest BCUT2D eigenvalue weighted by molar-refractivity contribution is 0.843. The van der Waals surface area contributed by atoms with Gasteiger partial charge in [0.15, 0.2) is 0 Å². The number of hydrogen-bond donors (Lipinski definition) is 0. The second kappa shape index (κ2) is 2.44. The minimum Gasteiger partial charge on any atom is -0.302 e. The van der Waals surface area contributed by atoms with Crippen LogP contribution in [0.25, 0.3) is 10.9 Å². The number of hydrogen-bond acceptors (Lipinski definition) is 2. The molecule has 59 valence electrons. The van der Waals surface area contributed by atoms with Crippen molar-refractivity contribution in [2.45, 2.75) is 0 Å². The summed E-state index contributed by atoms with van der Waals surface area (Å²) in [5, 5.41) is 0.544. The molecule has 0 unspecified atom stereocenters. The number of aryl methyl sites for hydroxylation is 1. The second-order valence-electron chi connectivity index (χ2n) is 2.59. The first-order valence-electron chi connectivity index (χ1n) is 3.61. The van der Waals surface area contributed by atoms with Crippen molar-refractivity contribution in [1.82, 2.24) is 9.55 Å². The molecular formula is C9H7N2O. The summed E-state index contributed by atoms with van der Waals surface area (Å²) in [6, 6.07) is 8.19. The van der Waals surface area contributed by atoms with Crippen molar-refractivity contribution < 1.29 is 0 Å². The summed E-state index contributed by atoms with van der Waals surface area (Å²) in [4.78, 5) is 15.5. The van der Waals surface area contributed by atoms with Gasteiger partial charge in [0.05, 0.1) is 17.2 Å². The van der Waals surface area contributed by atoms with Crippen LogP contribution in [-0.2, 0) is 7.05 Å². The molecule has 1 radical (unpaired) electrons. The van der Waals surface area contributed by atoms with E-state index in [1.807, 2.05) is 6.07 Å². The summed E-state index contributed by atoms with van der Waals surface area (Å²) in [5.74, 6) is 0. The smallest absolute Gasteiger partial charge is 0.261 e. The van der Waals surface area contributed by atoms with Gasteiger partial charge in [-0.25, -0.2) is 4.98 Å². The number of aromatic nitrogens is 2. The van der Waals surface area contributed by atoms with Crippen LogP contribution in [-0.4, -0.2) is 9.55 Å². The predicted molar refractivity (Wildman–Crippen MR) is 45.8 cm³/mol. The fourth-order valence-corrected chi connectivity index (χ4v) is 1.08. The van der Waals surface area contributed by atoms with Crippen LogP contribution in [0.4, 0.5) is 0 Å². The van der Waals surface area contributed by atoms with E-state index in [4.69, 9.17) is 0 Å². The van der Waals surface area contributed by atoms with Crippen LogP contribution in [0.5, 0.6) is 0 Å². The van der Waals surface area contributed by atoms with Crippen LogP contribution in [0.15, 0.2) is 29.3 Å². The Labute approximate surface area is 69.3 Å². The lowest BCUT2D eigenvalue weighted by Crippen LogP contribution is -2.16. The zero-order valence-electron chi connectivity index (χ0n) is 6.61. The second-order valence-corrected chi connectivity index (χ2v) is 2.59. The maximum Gasteiger partial charge on any atom is 0.261 e. The molecule has 1 heterocycles. The molecule has 1 aromatic carbocycles. The molecule has 12 heavy (non-hydrogen) atoms. The number of nitrogens with zero attached hydrogens (tertiary/aromatic N) is 2. The third kappa shape index (κ3) is 0.906. The summed E-state index contributed by atoms with van der Waals surface area (Å²) >= 11 is 0. The van der Waals surface area contributed by atoms with Crippen molar-refractivity contribution in [2.24, 2.45) is 7.05 Å². The van der Waals surface area contributed by atoms with E-state index in [0.29, 0.717) is 10.9 Å². The Balaban J connectivity index is 3.01. The first-order chi connectivity index (χ1) is 5.79. The predicted octanol–water partition coefficient (Wildman–Crippen LogP) is 0.734. The minimum atomic E-state index is -0.0550. The van der Waals surface area contributed by atoms with E-state index >= 15 is 0 Å². The minimum absolute atomic E-state index is 0.0550. The quantitative estimate of drug-likeness (QED) is 0.568. The van der Waals surface area contributed by atoms with Gasteiger partial charge in [-0.15, -0.1) is 0 Å². The molecule has 3 nitrogen and oxygen atoms in total. The molecule has 0 amide bonds. The highest BCUT2D eigenvalue weighted by molar-refractivity contribution is 5.76. The highest BCUT2D eigenvalue weighted by Gasteiger charge is 1.98. The van der Waals surface area contributed by atoms with Crippen molar-refractivity contribution in [3.63, 3.8) is 0 Å². The zero-order chi connectivity index (χ0) is 8.55. The number of rotatable bonds is 0. The summed E-state index contributed by atoms with van der Waals surface area (Å²) in [6.45, 7) is 0. The van der Waals surface area contributed by atoms with E-state index in [1.165, 1.54) is 10.9 Å². The highest BCUT2D eigenvalue weighted by atomic mass is 16.1. The number of benzene rings is 1. The van der Waals surface area contributed by atoms with Gasteiger partial charge in [-0.3, -0.25) is 4.79 Å². The Morgan fingerprint density at radius 1 is 1.58 bits per heavy atom. The van der Waals surface area contributed by atoms with Crippen molar-refractivity contribution in [2.75, 3.05) is 0 Å². The lowest BCUT2D eigenvalue weighted by Gasteiger charge is -1.97. The van der Waals surface area contributed by atoms with Crippen molar-refractivity contribution in [1.29, 1.82) is 0 Å². The molecule has 0 N–H and O–H groups in total. The molecule has 0 aliphatic carbocycles. The highest BCUT2D eigenvalue weighted by Crippen LogP contribution is 2.02. The summed E-state index contributed by atoms with van der Waals surface area (Å²) < 4.78 is 1.44. The first-order valence-corrected chi connectivity index (χ1v) is 3.61. The van der Waals surface area contributed by atoms with E-state index < -0.39 is 0 Å². The van der Waals surface area contributed by atoms with Crippen molar-refractivity contribution in [3.8, 4) is 0 Å². The molecule has 2 rings (SSSR count). The van der Waals surface area contributed by atoms with Gasteiger partial charge in [-0.1, -0.05) is 12.1 Å². The standard InChI is InChI=1S/C9H7N2O/c1-11-6-10-8-5-3-2-4-7(8)9(11)12/h2-3,5-6H,1H3. The molecule has 0 atom stereocenters. The molecule has 0 saturated carbocycles. The molecule has 0 spiro atoms. The van der Waals surface area contributed by atoms with E-state index in [9.17, 15) is 4.79 Å². The molecule has 2 aromatic rings. The van der Waals surface area contributed by atoms with Gasteiger partial charge in [-0.2, -0.15) is 0 Å². The largest absolute Gasteiger partial charge is 0.302 e. The Bertz CT molecular complexity index is 473. The van der Waals surface area contributed by atoms with Gasteiger partial charge in [0, 0.05) is 7.05 Å². The maximum atomic E-state index is 11.4. The zero-order valence-corrected chi connectivity index (χ0v) is 6.61. The van der Waals surface area contributed by atoms with Gasteiger partial charge in [0.1, 0.15) is 0 Å². The van der Waals surface area contributed by atoms with E-state index in [2.05, 4.69) is 11.1 Å². The molecule has 0 aliphatic rings. The first kappa shape index (κ1) is 7.03. The third-order valence-electron chi connectivity index (χ3n) is 1.74. The fourth-order valence-electron chi connectivity index (χ4n) is 1.08. The Kier molecular flexibility index (Phi) is 1.43. The average Bonchev–Trinajstić information content (AvgIpc) is 2.12. The van der Waals surface area contributed by atoms with Crippen LogP contribution < -0.4 is 5.56 Å². The van der Waals surface area contributed by atoms with Gasteiger partial charge in [0.25, 0.3) is 5.56 Å². The molecule has 1 aromatic heterocycles. The van der Waals surface area contributed by atoms with E-state index in [0.717, 1.165) is 0 Å². The van der Waals surface area contributed by atoms with Gasteiger partial charge in [-0.05, 0) is 12.1 Å².